The Balaban J connectivity index is 1.40. The lowest BCUT2D eigenvalue weighted by molar-refractivity contribution is 0.362. The van der Waals surface area contributed by atoms with Gasteiger partial charge in [0.25, 0.3) is 0 Å². The van der Waals surface area contributed by atoms with E-state index in [0.29, 0.717) is 0 Å². The molecule has 0 saturated heterocycles. The first-order valence-corrected chi connectivity index (χ1v) is 14.9. The first-order chi connectivity index (χ1) is 18.8. The molecule has 2 aliphatic carbocycles. The Hall–Kier alpha value is -2.96. The number of nitrogens with one attached hydrogen (secondary N) is 2. The molecule has 6 nitrogen and oxygen atoms in total. The van der Waals surface area contributed by atoms with E-state index in [1.165, 1.54) is 96.9 Å². The van der Waals surface area contributed by atoms with E-state index < -0.39 is 0 Å². The van der Waals surface area contributed by atoms with Crippen LogP contribution in [0.25, 0.3) is 0 Å². The zero-order valence-electron chi connectivity index (χ0n) is 22.3. The van der Waals surface area contributed by atoms with Crippen LogP contribution in [-0.4, -0.2) is 18.3 Å². The van der Waals surface area contributed by atoms with Crippen LogP contribution in [0.3, 0.4) is 0 Å². The smallest absolute Gasteiger partial charge is 0.0989 e. The fraction of sp³-hybridized carbons (Fsp3) is 0.500. The van der Waals surface area contributed by atoms with Gasteiger partial charge < -0.3 is 28.9 Å². The lowest BCUT2D eigenvalue weighted by Crippen LogP contribution is -2.39. The second-order valence-corrected chi connectivity index (χ2v) is 12.6. The standard InChI is InChI=1S/C32H38N6/c1-2-14-31(13-1)27-9-5-23-17-33-19-25-7-11-29(37(25)21-35(23)27)32(15-3-4-16-32)30-12-8-26-20-34-18-24-6-10-28(31)36(24)22-38(26)30/h5-12,33-34H,1-4,13-22H2. The summed E-state index contributed by atoms with van der Waals surface area (Å²) >= 11 is 0. The van der Waals surface area contributed by atoms with Crippen LogP contribution in [0, 0.1) is 0 Å². The lowest BCUT2D eigenvalue weighted by Gasteiger charge is -2.39. The van der Waals surface area contributed by atoms with Crippen LogP contribution in [0.4, 0.5) is 0 Å². The van der Waals surface area contributed by atoms with E-state index in [1.807, 2.05) is 0 Å². The number of aromatic nitrogens is 4. The number of hydrogen-bond acceptors (Lipinski definition) is 2. The number of fused-ring (bicyclic) bond motifs is 4. The van der Waals surface area contributed by atoms with E-state index in [1.54, 1.807) is 0 Å². The molecule has 0 atom stereocenters. The molecule has 2 fully saturated rings. The maximum absolute atomic E-state index is 3.80. The Morgan fingerprint density at radius 1 is 0.421 bits per heavy atom. The van der Waals surface area contributed by atoms with Crippen molar-refractivity contribution in [1.29, 1.82) is 0 Å². The van der Waals surface area contributed by atoms with E-state index in [0.717, 1.165) is 39.5 Å². The number of rotatable bonds is 0. The Labute approximate surface area is 224 Å². The average molecular weight is 507 g/mol. The maximum atomic E-state index is 3.80. The van der Waals surface area contributed by atoms with Crippen molar-refractivity contribution in [1.82, 2.24) is 28.9 Å². The largest absolute Gasteiger partial charge is 0.328 e. The molecule has 2 N–H and O–H groups in total. The van der Waals surface area contributed by atoms with Crippen molar-refractivity contribution in [3.8, 4) is 0 Å². The van der Waals surface area contributed by atoms with Gasteiger partial charge in [-0.15, -0.1) is 0 Å². The molecule has 0 radical (unpaired) electrons. The van der Waals surface area contributed by atoms with Gasteiger partial charge in [-0.25, -0.2) is 0 Å². The molecule has 0 unspecified atom stereocenters. The Morgan fingerprint density at radius 2 is 0.711 bits per heavy atom. The molecule has 5 aliphatic rings. The van der Waals surface area contributed by atoms with Crippen molar-refractivity contribution in [3.63, 3.8) is 0 Å². The summed E-state index contributed by atoms with van der Waals surface area (Å²) in [6.45, 7) is 5.61. The third-order valence-corrected chi connectivity index (χ3v) is 10.9. The van der Waals surface area contributed by atoms with E-state index in [-0.39, 0.29) is 10.8 Å². The zero-order chi connectivity index (χ0) is 24.9. The summed E-state index contributed by atoms with van der Waals surface area (Å²) in [6.07, 6.45) is 10.2. The molecule has 4 aromatic rings. The topological polar surface area (TPSA) is 43.8 Å². The number of nitrogens with zero attached hydrogens (tertiary/aromatic N) is 4. The second kappa shape index (κ2) is 7.80. The van der Waals surface area contributed by atoms with Crippen molar-refractivity contribution < 1.29 is 0 Å². The van der Waals surface area contributed by atoms with Gasteiger partial charge in [-0.3, -0.25) is 0 Å². The Kier molecular flexibility index (Phi) is 4.50. The van der Waals surface area contributed by atoms with Gasteiger partial charge in [0, 0.05) is 71.7 Å². The van der Waals surface area contributed by atoms with Crippen molar-refractivity contribution in [2.75, 3.05) is 0 Å². The van der Waals surface area contributed by atoms with Crippen LogP contribution >= 0.6 is 0 Å². The minimum Gasteiger partial charge on any atom is -0.328 e. The van der Waals surface area contributed by atoms with Crippen LogP contribution in [0.15, 0.2) is 48.5 Å². The number of hydrogen-bond donors (Lipinski definition) is 2. The maximum Gasteiger partial charge on any atom is 0.0989 e. The summed E-state index contributed by atoms with van der Waals surface area (Å²) in [4.78, 5) is 0. The van der Waals surface area contributed by atoms with Gasteiger partial charge in [-0.1, -0.05) is 25.7 Å². The average Bonchev–Trinajstić information content (AvgIpc) is 3.73. The molecular weight excluding hydrogens is 468 g/mol. The van der Waals surface area contributed by atoms with Crippen molar-refractivity contribution in [3.05, 3.63) is 94.1 Å². The molecule has 4 bridgehead atoms. The van der Waals surface area contributed by atoms with Crippen LogP contribution in [0.2, 0.25) is 0 Å². The first kappa shape index (κ1) is 21.9. The minimum atomic E-state index is 0.0695. The fourth-order valence-electron chi connectivity index (χ4n) is 9.16. The summed E-state index contributed by atoms with van der Waals surface area (Å²) < 4.78 is 10.8. The van der Waals surface area contributed by atoms with Crippen molar-refractivity contribution in [2.24, 2.45) is 0 Å². The molecule has 4 aromatic heterocycles. The molecule has 7 heterocycles. The fourth-order valence-corrected chi connectivity index (χ4v) is 9.16. The molecule has 196 valence electrons. The van der Waals surface area contributed by atoms with Crippen LogP contribution in [0.1, 0.15) is 96.9 Å². The Bertz CT molecular complexity index is 1330. The SMILES string of the molecule is c1cc2n3c1CNCc1ccc(n1C3)C1(CCCC1)c1ccc3n1Cn1c(ccc1C21CCCC1)CNC3. The first-order valence-electron chi connectivity index (χ1n) is 14.9. The van der Waals surface area contributed by atoms with E-state index in [2.05, 4.69) is 77.4 Å². The van der Waals surface area contributed by atoms with Gasteiger partial charge >= 0.3 is 0 Å². The summed E-state index contributed by atoms with van der Waals surface area (Å²) in [5, 5.41) is 7.60. The van der Waals surface area contributed by atoms with E-state index >= 15 is 0 Å². The molecular formula is C32H38N6. The third kappa shape index (κ3) is 2.75. The predicted octanol–water partition coefficient (Wildman–Crippen LogP) is 5.14. The second-order valence-electron chi connectivity index (χ2n) is 12.6. The molecule has 2 spiro atoms. The van der Waals surface area contributed by atoms with E-state index in [4.69, 9.17) is 0 Å². The van der Waals surface area contributed by atoms with Gasteiger partial charge in [0.2, 0.25) is 0 Å². The highest BCUT2D eigenvalue weighted by Gasteiger charge is 2.46. The molecule has 0 amide bonds. The van der Waals surface area contributed by atoms with Gasteiger partial charge in [0.15, 0.2) is 0 Å². The summed E-state index contributed by atoms with van der Waals surface area (Å²) in [5.41, 5.74) is 12.0. The summed E-state index contributed by atoms with van der Waals surface area (Å²) in [5.74, 6) is 0. The molecule has 0 aromatic carbocycles. The van der Waals surface area contributed by atoms with Gasteiger partial charge in [-0.05, 0) is 74.2 Å². The highest BCUT2D eigenvalue weighted by Crippen LogP contribution is 2.51. The van der Waals surface area contributed by atoms with Gasteiger partial charge in [0.1, 0.15) is 0 Å². The zero-order valence-corrected chi connectivity index (χ0v) is 22.3. The van der Waals surface area contributed by atoms with E-state index in [9.17, 15) is 0 Å². The highest BCUT2D eigenvalue weighted by molar-refractivity contribution is 5.42. The molecule has 3 aliphatic heterocycles. The monoisotopic (exact) mass is 506 g/mol. The normalized spacial score (nSPS) is 22.5. The van der Waals surface area contributed by atoms with Crippen LogP contribution < -0.4 is 10.6 Å². The molecule has 2 saturated carbocycles. The summed E-state index contributed by atoms with van der Waals surface area (Å²) in [6, 6.07) is 19.6. The minimum absolute atomic E-state index is 0.0695. The highest BCUT2D eigenvalue weighted by atomic mass is 15.2. The van der Waals surface area contributed by atoms with Crippen LogP contribution in [0.5, 0.6) is 0 Å². The van der Waals surface area contributed by atoms with Crippen molar-refractivity contribution in [2.45, 2.75) is 102 Å². The quantitative estimate of drug-likeness (QED) is 0.347. The third-order valence-electron chi connectivity index (χ3n) is 10.9. The predicted molar refractivity (Wildman–Crippen MR) is 148 cm³/mol. The van der Waals surface area contributed by atoms with Gasteiger partial charge in [0.05, 0.1) is 24.2 Å². The van der Waals surface area contributed by atoms with Crippen molar-refractivity contribution >= 4 is 0 Å². The van der Waals surface area contributed by atoms with Gasteiger partial charge in [-0.2, -0.15) is 0 Å². The van der Waals surface area contributed by atoms with Crippen LogP contribution in [-0.2, 0) is 50.3 Å². The molecule has 9 rings (SSSR count). The summed E-state index contributed by atoms with van der Waals surface area (Å²) in [7, 11) is 0. The Morgan fingerprint density at radius 3 is 1.00 bits per heavy atom. The lowest BCUT2D eigenvalue weighted by atomic mass is 9.78. The molecule has 6 heteroatoms. The molecule has 38 heavy (non-hydrogen) atoms.